The van der Waals surface area contributed by atoms with Crippen LogP contribution in [-0.4, -0.2) is 25.9 Å². The van der Waals surface area contributed by atoms with Gasteiger partial charge in [-0.05, 0) is 49.2 Å². The molecule has 152 valence electrons. The van der Waals surface area contributed by atoms with Crippen LogP contribution in [-0.2, 0) is 6.54 Å². The summed E-state index contributed by atoms with van der Waals surface area (Å²) in [6, 6.07) is 6.12. The van der Waals surface area contributed by atoms with Crippen molar-refractivity contribution in [1.29, 1.82) is 0 Å². The van der Waals surface area contributed by atoms with Crippen LogP contribution >= 0.6 is 0 Å². The Balaban J connectivity index is 2.19. The maximum absolute atomic E-state index is 13.8. The van der Waals surface area contributed by atoms with E-state index >= 15 is 0 Å². The van der Waals surface area contributed by atoms with Crippen LogP contribution in [0.5, 0.6) is 5.75 Å². The zero-order valence-electron chi connectivity index (χ0n) is 15.7. The van der Waals surface area contributed by atoms with E-state index in [1.165, 1.54) is 0 Å². The van der Waals surface area contributed by atoms with E-state index in [-0.39, 0.29) is 12.1 Å². The molecule has 2 aromatic rings. The lowest BCUT2D eigenvalue weighted by Gasteiger charge is -2.24. The van der Waals surface area contributed by atoms with Crippen LogP contribution in [0.4, 0.5) is 28.9 Å². The molecule has 0 spiro atoms. The smallest absolute Gasteiger partial charge is 0.403 e. The average molecular weight is 399 g/mol. The van der Waals surface area contributed by atoms with E-state index < -0.39 is 23.8 Å². The number of hydrogen-bond donors (Lipinski definition) is 2. The molecule has 0 unspecified atom stereocenters. The van der Waals surface area contributed by atoms with Crippen LogP contribution in [0, 0.1) is 12.7 Å². The van der Waals surface area contributed by atoms with Gasteiger partial charge < -0.3 is 20.7 Å². The molecular formula is C19H21F4N3O2. The lowest BCUT2D eigenvalue weighted by atomic mass is 10.0. The van der Waals surface area contributed by atoms with Crippen molar-refractivity contribution < 1.29 is 27.1 Å². The number of halogens is 4. The Labute approximate surface area is 160 Å². The minimum Gasteiger partial charge on any atom is -0.403 e. The van der Waals surface area contributed by atoms with E-state index in [1.807, 2.05) is 31.9 Å². The van der Waals surface area contributed by atoms with Crippen molar-refractivity contribution in [2.24, 2.45) is 0 Å². The summed E-state index contributed by atoms with van der Waals surface area (Å²) in [7, 11) is 1.87. The maximum Gasteiger partial charge on any atom is 0.573 e. The molecule has 0 bridgehead atoms. The van der Waals surface area contributed by atoms with E-state index in [2.05, 4.69) is 10.1 Å². The second kappa shape index (κ2) is 8.37. The number of aryl methyl sites for hydroxylation is 1. The number of nitrogens with one attached hydrogen (secondary N) is 1. The standard InChI is InChI=1S/C19H21F4N3O2/c1-4-26(3)17-13(11(2)5-7-15(17)24)10-25-18(27)12-6-8-16(14(20)9-12)28-19(21,22)23/h5-9H,4,10,24H2,1-3H3,(H,25,27). The van der Waals surface area contributed by atoms with E-state index in [4.69, 9.17) is 5.73 Å². The number of nitrogen functional groups attached to an aromatic ring is 1. The zero-order valence-corrected chi connectivity index (χ0v) is 15.7. The first-order chi connectivity index (χ1) is 13.0. The predicted molar refractivity (Wildman–Crippen MR) is 98.8 cm³/mol. The number of carbonyl (C=O) groups excluding carboxylic acids is 1. The number of alkyl halides is 3. The molecule has 0 saturated carbocycles. The molecule has 5 nitrogen and oxygen atoms in total. The summed E-state index contributed by atoms with van der Waals surface area (Å²) in [4.78, 5) is 14.3. The number of nitrogens with zero attached hydrogens (tertiary/aromatic N) is 1. The molecule has 2 rings (SSSR count). The zero-order chi connectivity index (χ0) is 21.1. The highest BCUT2D eigenvalue weighted by atomic mass is 19.4. The molecule has 0 atom stereocenters. The Bertz CT molecular complexity index is 869. The monoisotopic (exact) mass is 399 g/mol. The Morgan fingerprint density at radius 2 is 1.93 bits per heavy atom. The Morgan fingerprint density at radius 3 is 2.50 bits per heavy atom. The highest BCUT2D eigenvalue weighted by Gasteiger charge is 2.32. The summed E-state index contributed by atoms with van der Waals surface area (Å²) in [6.07, 6.45) is -5.02. The van der Waals surface area contributed by atoms with Crippen LogP contribution in [0.2, 0.25) is 0 Å². The number of amides is 1. The number of carbonyl (C=O) groups is 1. The van der Waals surface area contributed by atoms with E-state index in [0.717, 1.165) is 28.9 Å². The molecule has 0 saturated heterocycles. The van der Waals surface area contributed by atoms with Gasteiger partial charge in [0.2, 0.25) is 0 Å². The molecule has 0 heterocycles. The lowest BCUT2D eigenvalue weighted by Crippen LogP contribution is -2.26. The number of anilines is 2. The third-order valence-corrected chi connectivity index (χ3v) is 4.25. The number of ether oxygens (including phenoxy) is 1. The largest absolute Gasteiger partial charge is 0.573 e. The quantitative estimate of drug-likeness (QED) is 0.569. The molecule has 0 aromatic heterocycles. The van der Waals surface area contributed by atoms with Crippen LogP contribution in [0.1, 0.15) is 28.4 Å². The summed E-state index contributed by atoms with van der Waals surface area (Å²) in [5.74, 6) is -2.91. The molecule has 3 N–H and O–H groups in total. The summed E-state index contributed by atoms with van der Waals surface area (Å²) >= 11 is 0. The van der Waals surface area contributed by atoms with Gasteiger partial charge >= 0.3 is 6.36 Å². The van der Waals surface area contributed by atoms with Crippen LogP contribution in [0.3, 0.4) is 0 Å². The van der Waals surface area contributed by atoms with Gasteiger partial charge in [0.25, 0.3) is 5.91 Å². The van der Waals surface area contributed by atoms with Crippen molar-refractivity contribution >= 4 is 17.3 Å². The van der Waals surface area contributed by atoms with Gasteiger partial charge in [0, 0.05) is 25.7 Å². The normalized spacial score (nSPS) is 11.2. The van der Waals surface area contributed by atoms with E-state index in [0.29, 0.717) is 18.3 Å². The number of benzene rings is 2. The fraction of sp³-hybridized carbons (Fsp3) is 0.316. The van der Waals surface area contributed by atoms with Crippen molar-refractivity contribution in [3.8, 4) is 5.75 Å². The molecule has 28 heavy (non-hydrogen) atoms. The highest BCUT2D eigenvalue weighted by Crippen LogP contribution is 2.30. The second-order valence-corrected chi connectivity index (χ2v) is 6.19. The van der Waals surface area contributed by atoms with Gasteiger partial charge in [0.1, 0.15) is 0 Å². The Kier molecular flexibility index (Phi) is 6.37. The van der Waals surface area contributed by atoms with Crippen LogP contribution < -0.4 is 20.7 Å². The SMILES string of the molecule is CCN(C)c1c(N)ccc(C)c1CNC(=O)c1ccc(OC(F)(F)F)c(F)c1. The van der Waals surface area contributed by atoms with Gasteiger partial charge in [-0.3, -0.25) is 4.79 Å². The van der Waals surface area contributed by atoms with Crippen LogP contribution in [0.15, 0.2) is 30.3 Å². The van der Waals surface area contributed by atoms with Crippen LogP contribution in [0.25, 0.3) is 0 Å². The molecule has 0 aliphatic carbocycles. The fourth-order valence-electron chi connectivity index (χ4n) is 2.71. The molecule has 0 fully saturated rings. The fourth-order valence-corrected chi connectivity index (χ4v) is 2.71. The number of rotatable bonds is 6. The molecule has 9 heteroatoms. The molecular weight excluding hydrogens is 378 g/mol. The second-order valence-electron chi connectivity index (χ2n) is 6.19. The van der Waals surface area contributed by atoms with Gasteiger partial charge in [0.05, 0.1) is 11.4 Å². The van der Waals surface area contributed by atoms with Crippen molar-refractivity contribution in [3.63, 3.8) is 0 Å². The predicted octanol–water partition coefficient (Wildman–Crippen LogP) is 4.00. The summed E-state index contributed by atoms with van der Waals surface area (Å²) in [6.45, 7) is 4.65. The lowest BCUT2D eigenvalue weighted by molar-refractivity contribution is -0.275. The topological polar surface area (TPSA) is 67.6 Å². The average Bonchev–Trinajstić information content (AvgIpc) is 2.62. The molecule has 0 radical (unpaired) electrons. The molecule has 1 amide bonds. The molecule has 2 aromatic carbocycles. The number of hydrogen-bond acceptors (Lipinski definition) is 4. The van der Waals surface area contributed by atoms with Crippen molar-refractivity contribution in [1.82, 2.24) is 5.32 Å². The minimum atomic E-state index is -5.02. The van der Waals surface area contributed by atoms with Crippen molar-refractivity contribution in [3.05, 3.63) is 52.8 Å². The third kappa shape index (κ3) is 5.05. The van der Waals surface area contributed by atoms with Crippen molar-refractivity contribution in [2.75, 3.05) is 24.2 Å². The van der Waals surface area contributed by atoms with Gasteiger partial charge in [-0.1, -0.05) is 6.07 Å². The summed E-state index contributed by atoms with van der Waals surface area (Å²) in [5, 5.41) is 2.65. The molecule has 0 aliphatic rings. The number of nitrogens with two attached hydrogens (primary N) is 1. The van der Waals surface area contributed by atoms with E-state index in [1.54, 1.807) is 6.07 Å². The summed E-state index contributed by atoms with van der Waals surface area (Å²) in [5.41, 5.74) is 8.98. The van der Waals surface area contributed by atoms with Gasteiger partial charge in [0.15, 0.2) is 11.6 Å². The molecule has 0 aliphatic heterocycles. The summed E-state index contributed by atoms with van der Waals surface area (Å²) < 4.78 is 54.0. The van der Waals surface area contributed by atoms with E-state index in [9.17, 15) is 22.4 Å². The Morgan fingerprint density at radius 1 is 1.25 bits per heavy atom. The maximum atomic E-state index is 13.8. The third-order valence-electron chi connectivity index (χ3n) is 4.25. The van der Waals surface area contributed by atoms with Gasteiger partial charge in [-0.2, -0.15) is 0 Å². The highest BCUT2D eigenvalue weighted by molar-refractivity contribution is 5.94. The first-order valence-electron chi connectivity index (χ1n) is 8.46. The first kappa shape index (κ1) is 21.3. The van der Waals surface area contributed by atoms with Crippen molar-refractivity contribution in [2.45, 2.75) is 26.8 Å². The van der Waals surface area contributed by atoms with Gasteiger partial charge in [-0.25, -0.2) is 4.39 Å². The minimum absolute atomic E-state index is 0.123. The van der Waals surface area contributed by atoms with Gasteiger partial charge in [-0.15, -0.1) is 13.2 Å². The first-order valence-corrected chi connectivity index (χ1v) is 8.46. The Hall–Kier alpha value is -2.97.